The molecule has 134 valence electrons. The minimum atomic E-state index is 0.172. The van der Waals surface area contributed by atoms with Crippen molar-refractivity contribution in [3.63, 3.8) is 0 Å². The molecule has 0 N–H and O–H groups in total. The molecule has 0 radical (unpaired) electrons. The van der Waals surface area contributed by atoms with E-state index in [0.29, 0.717) is 6.04 Å². The first-order valence-corrected chi connectivity index (χ1v) is 9.45. The Bertz CT molecular complexity index is 512. The molecule has 1 fully saturated rings. The summed E-state index contributed by atoms with van der Waals surface area (Å²) in [5.74, 6) is 0.172. The fourth-order valence-corrected chi connectivity index (χ4v) is 3.39. The van der Waals surface area contributed by atoms with Crippen LogP contribution in [-0.2, 0) is 0 Å². The molecule has 4 heteroatoms. The molecule has 0 aromatic heterocycles. The van der Waals surface area contributed by atoms with Crippen LogP contribution in [-0.4, -0.2) is 61.0 Å². The number of carbonyl (C=O) groups is 1. The van der Waals surface area contributed by atoms with E-state index in [1.165, 1.54) is 5.69 Å². The first kappa shape index (κ1) is 18.8. The molecule has 24 heavy (non-hydrogen) atoms. The van der Waals surface area contributed by atoms with Crippen LogP contribution in [0.25, 0.3) is 0 Å². The number of rotatable bonds is 6. The molecular weight excluding hydrogens is 298 g/mol. The monoisotopic (exact) mass is 331 g/mol. The van der Waals surface area contributed by atoms with Crippen molar-refractivity contribution in [3.05, 3.63) is 29.8 Å². The van der Waals surface area contributed by atoms with Crippen LogP contribution >= 0.6 is 0 Å². The van der Waals surface area contributed by atoms with Crippen molar-refractivity contribution in [1.29, 1.82) is 0 Å². The lowest BCUT2D eigenvalue weighted by Gasteiger charge is -2.25. The van der Waals surface area contributed by atoms with Crippen molar-refractivity contribution in [3.8, 4) is 0 Å². The summed E-state index contributed by atoms with van der Waals surface area (Å²) in [6.45, 7) is 14.6. The van der Waals surface area contributed by atoms with Crippen LogP contribution in [0.2, 0.25) is 0 Å². The van der Waals surface area contributed by atoms with Crippen molar-refractivity contribution in [2.45, 2.75) is 46.6 Å². The SMILES string of the molecule is CCCN(CC)c1ccc(C(=O)N2CCCN(C(C)C)CC2)cc1. The minimum absolute atomic E-state index is 0.172. The number of benzene rings is 1. The maximum atomic E-state index is 12.8. The molecule has 2 rings (SSSR count). The van der Waals surface area contributed by atoms with Crippen molar-refractivity contribution in [2.24, 2.45) is 0 Å². The van der Waals surface area contributed by atoms with E-state index in [4.69, 9.17) is 0 Å². The average Bonchev–Trinajstić information content (AvgIpc) is 2.85. The number of anilines is 1. The van der Waals surface area contributed by atoms with Crippen LogP contribution in [0.5, 0.6) is 0 Å². The Labute approximate surface area is 147 Å². The van der Waals surface area contributed by atoms with Crippen LogP contribution in [0.15, 0.2) is 24.3 Å². The number of nitrogens with zero attached hydrogens (tertiary/aromatic N) is 3. The summed E-state index contributed by atoms with van der Waals surface area (Å²) in [6, 6.07) is 8.70. The molecule has 1 aliphatic heterocycles. The first-order valence-electron chi connectivity index (χ1n) is 9.45. The van der Waals surface area contributed by atoms with Gasteiger partial charge in [0, 0.05) is 56.6 Å². The second-order valence-electron chi connectivity index (χ2n) is 6.90. The van der Waals surface area contributed by atoms with Crippen LogP contribution in [0, 0.1) is 0 Å². The van der Waals surface area contributed by atoms with Gasteiger partial charge in [0.2, 0.25) is 0 Å². The highest BCUT2D eigenvalue weighted by molar-refractivity contribution is 5.94. The van der Waals surface area contributed by atoms with Crippen LogP contribution in [0.1, 0.15) is 50.9 Å². The Kier molecular flexibility index (Phi) is 7.10. The predicted molar refractivity (Wildman–Crippen MR) is 102 cm³/mol. The normalized spacial score (nSPS) is 16.3. The van der Waals surface area contributed by atoms with Gasteiger partial charge in [-0.3, -0.25) is 9.69 Å². The summed E-state index contributed by atoms with van der Waals surface area (Å²) in [4.78, 5) is 19.6. The van der Waals surface area contributed by atoms with Crippen LogP contribution in [0.3, 0.4) is 0 Å². The van der Waals surface area contributed by atoms with Gasteiger partial charge in [0.15, 0.2) is 0 Å². The third-order valence-electron chi connectivity index (χ3n) is 4.90. The lowest BCUT2D eigenvalue weighted by atomic mass is 10.1. The van der Waals surface area contributed by atoms with E-state index in [-0.39, 0.29) is 5.91 Å². The Morgan fingerprint density at radius 3 is 2.38 bits per heavy atom. The zero-order chi connectivity index (χ0) is 17.5. The average molecular weight is 332 g/mol. The highest BCUT2D eigenvalue weighted by Crippen LogP contribution is 2.17. The third kappa shape index (κ3) is 4.73. The molecule has 1 aromatic carbocycles. The molecule has 0 saturated carbocycles. The Morgan fingerprint density at radius 2 is 1.79 bits per heavy atom. The maximum absolute atomic E-state index is 12.8. The standard InChI is InChI=1S/C20H33N3O/c1-5-12-21(6-2)19-10-8-18(9-11-19)20(24)23-14-7-13-22(15-16-23)17(3)4/h8-11,17H,5-7,12-16H2,1-4H3. The van der Waals surface area contributed by atoms with Gasteiger partial charge in [-0.15, -0.1) is 0 Å². The Morgan fingerprint density at radius 1 is 1.08 bits per heavy atom. The summed E-state index contributed by atoms with van der Waals surface area (Å²) >= 11 is 0. The van der Waals surface area contributed by atoms with E-state index in [1.54, 1.807) is 0 Å². The van der Waals surface area contributed by atoms with Gasteiger partial charge < -0.3 is 9.80 Å². The van der Waals surface area contributed by atoms with Crippen molar-refractivity contribution >= 4 is 11.6 Å². The van der Waals surface area contributed by atoms with Gasteiger partial charge in [0.05, 0.1) is 0 Å². The van der Waals surface area contributed by atoms with Crippen molar-refractivity contribution in [2.75, 3.05) is 44.2 Å². The van der Waals surface area contributed by atoms with Gasteiger partial charge >= 0.3 is 0 Å². The molecule has 0 atom stereocenters. The second kappa shape index (κ2) is 9.07. The van der Waals surface area contributed by atoms with Gasteiger partial charge in [-0.1, -0.05) is 6.92 Å². The van der Waals surface area contributed by atoms with Crippen molar-refractivity contribution in [1.82, 2.24) is 9.80 Å². The van der Waals surface area contributed by atoms with Crippen molar-refractivity contribution < 1.29 is 4.79 Å². The van der Waals surface area contributed by atoms with Gasteiger partial charge in [-0.2, -0.15) is 0 Å². The lowest BCUT2D eigenvalue weighted by molar-refractivity contribution is 0.0759. The number of carbonyl (C=O) groups excluding carboxylic acids is 1. The lowest BCUT2D eigenvalue weighted by Crippen LogP contribution is -2.37. The molecule has 4 nitrogen and oxygen atoms in total. The molecule has 1 amide bonds. The number of hydrogen-bond acceptors (Lipinski definition) is 3. The molecule has 0 spiro atoms. The summed E-state index contributed by atoms with van der Waals surface area (Å²) in [5, 5.41) is 0. The molecule has 1 aromatic rings. The maximum Gasteiger partial charge on any atom is 0.253 e. The van der Waals surface area contributed by atoms with Gasteiger partial charge in [-0.25, -0.2) is 0 Å². The second-order valence-corrected chi connectivity index (χ2v) is 6.90. The minimum Gasteiger partial charge on any atom is -0.372 e. The number of amides is 1. The smallest absolute Gasteiger partial charge is 0.253 e. The first-order chi connectivity index (χ1) is 11.6. The van der Waals surface area contributed by atoms with Crippen LogP contribution in [0.4, 0.5) is 5.69 Å². The summed E-state index contributed by atoms with van der Waals surface area (Å²) in [5.41, 5.74) is 2.02. The molecule has 1 saturated heterocycles. The molecule has 0 aliphatic carbocycles. The fourth-order valence-electron chi connectivity index (χ4n) is 3.39. The summed E-state index contributed by atoms with van der Waals surface area (Å²) in [7, 11) is 0. The molecule has 1 aliphatic rings. The summed E-state index contributed by atoms with van der Waals surface area (Å²) in [6.07, 6.45) is 2.19. The molecule has 0 unspecified atom stereocenters. The van der Waals surface area contributed by atoms with E-state index in [2.05, 4.69) is 49.6 Å². The third-order valence-corrected chi connectivity index (χ3v) is 4.90. The zero-order valence-electron chi connectivity index (χ0n) is 15.8. The van der Waals surface area contributed by atoms with Crippen LogP contribution < -0.4 is 4.90 Å². The van der Waals surface area contributed by atoms with E-state index >= 15 is 0 Å². The largest absolute Gasteiger partial charge is 0.372 e. The van der Waals surface area contributed by atoms with Gasteiger partial charge in [0.25, 0.3) is 5.91 Å². The van der Waals surface area contributed by atoms with E-state index in [0.717, 1.165) is 57.7 Å². The topological polar surface area (TPSA) is 26.8 Å². The molecule has 1 heterocycles. The highest BCUT2D eigenvalue weighted by atomic mass is 16.2. The van der Waals surface area contributed by atoms with Gasteiger partial charge in [0.1, 0.15) is 0 Å². The molecular formula is C20H33N3O. The van der Waals surface area contributed by atoms with E-state index in [1.807, 2.05) is 17.0 Å². The van der Waals surface area contributed by atoms with E-state index in [9.17, 15) is 4.79 Å². The zero-order valence-corrected chi connectivity index (χ0v) is 15.8. The Hall–Kier alpha value is -1.55. The highest BCUT2D eigenvalue weighted by Gasteiger charge is 2.21. The molecule has 0 bridgehead atoms. The number of hydrogen-bond donors (Lipinski definition) is 0. The Balaban J connectivity index is 2.02. The quantitative estimate of drug-likeness (QED) is 0.798. The van der Waals surface area contributed by atoms with Gasteiger partial charge in [-0.05, 0) is 57.9 Å². The fraction of sp³-hybridized carbons (Fsp3) is 0.650. The summed E-state index contributed by atoms with van der Waals surface area (Å²) < 4.78 is 0. The predicted octanol–water partition coefficient (Wildman–Crippen LogP) is 3.48. The van der Waals surface area contributed by atoms with E-state index < -0.39 is 0 Å².